The highest BCUT2D eigenvalue weighted by Gasteiger charge is 2.47. The number of rotatable bonds is 10. The smallest absolute Gasteiger partial charge is 0.394 e. The number of fused-ring (bicyclic) bond motifs is 1. The van der Waals surface area contributed by atoms with Crippen LogP contribution in [0.15, 0.2) is 11.1 Å². The third kappa shape index (κ3) is 10.7. The number of nitrogens with one attached hydrogen (secondary N) is 1. The predicted molar refractivity (Wildman–Crippen MR) is 123 cm³/mol. The van der Waals surface area contributed by atoms with Gasteiger partial charge in [-0.15, -0.1) is 0 Å². The number of imidazole rings is 1. The number of nitrogens with two attached hydrogens (primary N) is 1. The second kappa shape index (κ2) is 12.7. The van der Waals surface area contributed by atoms with Crippen molar-refractivity contribution in [2.24, 2.45) is 0 Å². The summed E-state index contributed by atoms with van der Waals surface area (Å²) in [6.07, 6.45) is -3.21. The number of hydrogen-bond acceptors (Lipinski definition) is 17. The van der Waals surface area contributed by atoms with Gasteiger partial charge >= 0.3 is 39.1 Å². The van der Waals surface area contributed by atoms with Crippen molar-refractivity contribution < 1.29 is 94.4 Å². The van der Waals surface area contributed by atoms with Crippen molar-refractivity contribution in [3.63, 3.8) is 0 Å². The van der Waals surface area contributed by atoms with Crippen LogP contribution >= 0.6 is 39.1 Å². The minimum atomic E-state index is -6.07. The monoisotopic (exact) mass is 701 g/mol. The van der Waals surface area contributed by atoms with Gasteiger partial charge < -0.3 is 60.0 Å². The highest BCUT2D eigenvalue weighted by Crippen LogP contribution is 2.72. The van der Waals surface area contributed by atoms with Gasteiger partial charge in [0.1, 0.15) is 18.3 Å². The second-order valence-corrected chi connectivity index (χ2v) is 14.6. The number of aliphatic hydroxyl groups is 3. The lowest BCUT2D eigenvalue weighted by molar-refractivity contribution is -0.0511. The number of hydrogen-bond donors (Lipinski definition) is 12. The standard InChI is InChI=1S/C10H13N5O5.H7O16P5/c11-10-13-7-4(8(19)14-10)12-2-15(7)9-6(18)5(17)3(1-16)20-9;1-17(2,3)13-19(7,8)15-21(11,12)16-20(9,10)14-18(4,5)6/h2-3,5-6,9,16-18H,1H2,(H3,11,13,14,19);(H,7,8)(H,9,10)(H,11,12)(H2,1,2,3)(H2,4,5,6)/t3-,5-,6-,9-;/m1./s1. The third-order valence-corrected chi connectivity index (χ3v) is 10.7. The van der Waals surface area contributed by atoms with Gasteiger partial charge in [0.05, 0.1) is 12.9 Å². The van der Waals surface area contributed by atoms with E-state index in [2.05, 4.69) is 32.2 Å². The number of nitrogens with zero attached hydrogens (tertiary/aromatic N) is 3. The highest BCUT2D eigenvalue weighted by molar-refractivity contribution is 7.71. The quantitative estimate of drug-likeness (QED) is 0.109. The number of aromatic nitrogens is 4. The lowest BCUT2D eigenvalue weighted by Gasteiger charge is -2.18. The van der Waals surface area contributed by atoms with Gasteiger partial charge in [0.25, 0.3) is 5.56 Å². The van der Waals surface area contributed by atoms with Crippen molar-refractivity contribution in [3.05, 3.63) is 16.7 Å². The number of aromatic amines is 1. The van der Waals surface area contributed by atoms with Crippen LogP contribution in [0, 0.1) is 0 Å². The molecule has 3 heterocycles. The molecular formula is C10H20N5O21P5. The topological polar surface area (TPSA) is 423 Å². The zero-order valence-corrected chi connectivity index (χ0v) is 23.7. The van der Waals surface area contributed by atoms with Gasteiger partial charge in [-0.1, -0.05) is 0 Å². The van der Waals surface area contributed by atoms with Gasteiger partial charge in [0, 0.05) is 0 Å². The van der Waals surface area contributed by atoms with E-state index in [4.69, 9.17) is 49.8 Å². The van der Waals surface area contributed by atoms with E-state index in [9.17, 15) is 37.8 Å². The predicted octanol–water partition coefficient (Wildman–Crippen LogP) is -3.15. The Balaban J connectivity index is 0.000000287. The van der Waals surface area contributed by atoms with E-state index in [1.807, 2.05) is 0 Å². The summed E-state index contributed by atoms with van der Waals surface area (Å²) >= 11 is 0. The molecule has 1 aliphatic rings. The van der Waals surface area contributed by atoms with E-state index in [0.717, 1.165) is 0 Å². The fourth-order valence-corrected chi connectivity index (χ4v) is 8.21. The first-order valence-electron chi connectivity index (χ1n) is 9.65. The summed E-state index contributed by atoms with van der Waals surface area (Å²) in [4.78, 5) is 80.5. The molecule has 1 fully saturated rings. The van der Waals surface area contributed by atoms with E-state index in [1.54, 1.807) is 0 Å². The summed E-state index contributed by atoms with van der Waals surface area (Å²) in [5.74, 6) is -0.101. The van der Waals surface area contributed by atoms with E-state index in [1.165, 1.54) is 10.9 Å². The number of anilines is 1. The van der Waals surface area contributed by atoms with Crippen LogP contribution in [0.4, 0.5) is 5.95 Å². The van der Waals surface area contributed by atoms with Crippen molar-refractivity contribution in [3.8, 4) is 0 Å². The molecule has 13 N–H and O–H groups in total. The summed E-state index contributed by atoms with van der Waals surface area (Å²) in [7, 11) is -29.3. The zero-order chi connectivity index (χ0) is 31.8. The van der Waals surface area contributed by atoms with Crippen molar-refractivity contribution in [2.45, 2.75) is 24.5 Å². The normalized spacial score (nSPS) is 26.0. The Hall–Kier alpha value is -1.30. The first kappa shape index (κ1) is 35.9. The van der Waals surface area contributed by atoms with Crippen LogP contribution in [0.3, 0.4) is 0 Å². The first-order valence-corrected chi connectivity index (χ1v) is 17.2. The van der Waals surface area contributed by atoms with Gasteiger partial charge in [0.2, 0.25) is 5.95 Å². The molecule has 3 rings (SSSR count). The summed E-state index contributed by atoms with van der Waals surface area (Å²) in [6, 6.07) is 0. The molecule has 1 aliphatic heterocycles. The van der Waals surface area contributed by atoms with Gasteiger partial charge in [-0.2, -0.15) is 22.2 Å². The van der Waals surface area contributed by atoms with Gasteiger partial charge in [0.15, 0.2) is 17.4 Å². The lowest BCUT2D eigenvalue weighted by atomic mass is 10.1. The van der Waals surface area contributed by atoms with E-state index in [-0.39, 0.29) is 17.1 Å². The van der Waals surface area contributed by atoms with Crippen LogP contribution in [0.1, 0.15) is 6.23 Å². The fourth-order valence-electron chi connectivity index (χ4n) is 2.81. The number of H-pyrrole nitrogens is 1. The van der Waals surface area contributed by atoms with Gasteiger partial charge in [-0.05, 0) is 0 Å². The van der Waals surface area contributed by atoms with Crippen LogP contribution in [-0.4, -0.2) is 94.0 Å². The van der Waals surface area contributed by atoms with Crippen LogP contribution in [0.2, 0.25) is 0 Å². The van der Waals surface area contributed by atoms with Crippen molar-refractivity contribution >= 4 is 56.2 Å². The third-order valence-electron chi connectivity index (χ3n) is 4.07. The molecule has 0 amide bonds. The van der Waals surface area contributed by atoms with Crippen molar-refractivity contribution in [1.82, 2.24) is 19.5 Å². The maximum atomic E-state index is 11.7. The maximum absolute atomic E-state index is 11.7. The molecule has 2 aromatic heterocycles. The zero-order valence-electron chi connectivity index (χ0n) is 19.2. The SMILES string of the molecule is Nc1nc2c(ncn2[C@@H]2O[C@H](CO)[C@@H](O)[C@H]2O)c(=O)[nH]1.O=P(O)(O)OP(=O)(O)OP(=O)(O)OP(=O)(O)OP(=O)(O)O. The lowest BCUT2D eigenvalue weighted by Crippen LogP contribution is -2.33. The largest absolute Gasteiger partial charge is 0.490 e. The molecular weight excluding hydrogens is 681 g/mol. The van der Waals surface area contributed by atoms with Crippen LogP contribution in [-0.2, 0) is 44.8 Å². The molecule has 1 saturated heterocycles. The molecule has 0 radical (unpaired) electrons. The number of phosphoric acid groups is 5. The van der Waals surface area contributed by atoms with Crippen LogP contribution in [0.5, 0.6) is 0 Å². The number of aliphatic hydroxyl groups excluding tert-OH is 3. The Morgan fingerprint density at radius 3 is 1.76 bits per heavy atom. The van der Waals surface area contributed by atoms with Gasteiger partial charge in [-0.3, -0.25) is 14.3 Å². The molecule has 0 spiro atoms. The number of ether oxygens (including phenoxy) is 1. The molecule has 41 heavy (non-hydrogen) atoms. The maximum Gasteiger partial charge on any atom is 0.490 e. The molecule has 2 aromatic rings. The molecule has 0 saturated carbocycles. The van der Waals surface area contributed by atoms with E-state index < -0.39 is 75.8 Å². The Kier molecular flexibility index (Phi) is 11.2. The van der Waals surface area contributed by atoms with Crippen LogP contribution < -0.4 is 11.3 Å². The molecule has 0 aliphatic carbocycles. The summed E-state index contributed by atoms with van der Waals surface area (Å²) < 4.78 is 72.3. The molecule has 6 atom stereocenters. The Morgan fingerprint density at radius 1 is 0.878 bits per heavy atom. The van der Waals surface area contributed by atoms with Crippen molar-refractivity contribution in [2.75, 3.05) is 12.3 Å². The Morgan fingerprint density at radius 2 is 1.34 bits per heavy atom. The van der Waals surface area contributed by atoms with E-state index >= 15 is 0 Å². The summed E-state index contributed by atoms with van der Waals surface area (Å²) in [5, 5.41) is 28.7. The van der Waals surface area contributed by atoms with E-state index in [0.29, 0.717) is 0 Å². The fraction of sp³-hybridized carbons (Fsp3) is 0.500. The average molecular weight is 701 g/mol. The Bertz CT molecular complexity index is 1490. The molecule has 0 aromatic carbocycles. The molecule has 236 valence electrons. The van der Waals surface area contributed by atoms with Gasteiger partial charge in [-0.25, -0.2) is 27.8 Å². The molecule has 31 heteroatoms. The average Bonchev–Trinajstić information content (AvgIpc) is 3.24. The van der Waals surface area contributed by atoms with Crippen molar-refractivity contribution in [1.29, 1.82) is 0 Å². The molecule has 2 unspecified atom stereocenters. The second-order valence-electron chi connectivity index (χ2n) is 7.22. The minimum Gasteiger partial charge on any atom is -0.394 e. The molecule has 26 nitrogen and oxygen atoms in total. The molecule has 0 bridgehead atoms. The number of nitrogen functional groups attached to an aromatic ring is 1. The minimum absolute atomic E-state index is 0.0388. The summed E-state index contributed by atoms with van der Waals surface area (Å²) in [6.45, 7) is -0.447. The Labute approximate surface area is 224 Å². The van der Waals surface area contributed by atoms with Crippen LogP contribution in [0.25, 0.3) is 11.2 Å². The summed E-state index contributed by atoms with van der Waals surface area (Å²) in [5.41, 5.74) is 5.12. The first-order chi connectivity index (χ1) is 18.4. The highest BCUT2D eigenvalue weighted by atomic mass is 31.3.